The standard InChI is InChI=1S/C36H40N6O4/c1-4-33(43)42-18-17-41(22-26(42)14-15-37)35-30-13-12-25(20-32(30)38-36(39-35)45-23-27-10-8-16-40(27)3)31-21-28(46-34(44)5-2)19-24-9-6-7-11-29(24)31/h4-7,9,11,19,21,25-27H,1-2,8,10,12-14,16-18,20,22-23H2,3H3/t25?,26?,27-/m0/s1. The number of ether oxygens (including phenoxy) is 2. The number of nitrogens with zero attached hydrogens (tertiary/aromatic N) is 6. The lowest BCUT2D eigenvalue weighted by molar-refractivity contribution is -0.129. The monoisotopic (exact) mass is 620 g/mol. The molecule has 3 aromatic rings. The highest BCUT2D eigenvalue weighted by atomic mass is 16.5. The van der Waals surface area contributed by atoms with Gasteiger partial charge in [-0.1, -0.05) is 37.4 Å². The molecule has 0 N–H and O–H groups in total. The third-order valence-corrected chi connectivity index (χ3v) is 9.57. The van der Waals surface area contributed by atoms with E-state index in [2.05, 4.69) is 42.1 Å². The van der Waals surface area contributed by atoms with E-state index in [1.54, 1.807) is 4.90 Å². The summed E-state index contributed by atoms with van der Waals surface area (Å²) in [6, 6.07) is 14.7. The van der Waals surface area contributed by atoms with Crippen molar-refractivity contribution in [2.75, 3.05) is 44.7 Å². The van der Waals surface area contributed by atoms with Gasteiger partial charge in [-0.15, -0.1) is 0 Å². The van der Waals surface area contributed by atoms with Crippen LogP contribution >= 0.6 is 0 Å². The molecule has 0 spiro atoms. The van der Waals surface area contributed by atoms with Gasteiger partial charge in [0.25, 0.3) is 0 Å². The fourth-order valence-electron chi connectivity index (χ4n) is 7.13. The second-order valence-electron chi connectivity index (χ2n) is 12.3. The predicted molar refractivity (Wildman–Crippen MR) is 176 cm³/mol. The van der Waals surface area contributed by atoms with Crippen LogP contribution in [0.1, 0.15) is 48.4 Å². The number of carbonyl (C=O) groups is 2. The molecular weight excluding hydrogens is 580 g/mol. The minimum absolute atomic E-state index is 0.129. The molecule has 0 bridgehead atoms. The molecule has 1 amide bonds. The molecule has 1 aromatic heterocycles. The number of benzene rings is 2. The summed E-state index contributed by atoms with van der Waals surface area (Å²) in [6.45, 7) is 10.3. The maximum Gasteiger partial charge on any atom is 0.335 e. The molecule has 3 heterocycles. The van der Waals surface area contributed by atoms with E-state index >= 15 is 0 Å². The molecule has 0 radical (unpaired) electrons. The third kappa shape index (κ3) is 6.46. The van der Waals surface area contributed by atoms with E-state index in [9.17, 15) is 14.9 Å². The molecule has 46 heavy (non-hydrogen) atoms. The summed E-state index contributed by atoms with van der Waals surface area (Å²) < 4.78 is 11.9. The van der Waals surface area contributed by atoms with Crippen molar-refractivity contribution in [3.8, 4) is 17.8 Å². The number of carbonyl (C=O) groups excluding carboxylic acids is 2. The molecule has 2 saturated heterocycles. The zero-order valence-corrected chi connectivity index (χ0v) is 26.4. The Hall–Kier alpha value is -4.75. The van der Waals surface area contributed by atoms with Crippen LogP contribution in [0.2, 0.25) is 0 Å². The number of amides is 1. The van der Waals surface area contributed by atoms with Crippen LogP contribution in [0.4, 0.5) is 5.82 Å². The average Bonchev–Trinajstić information content (AvgIpc) is 3.50. The summed E-state index contributed by atoms with van der Waals surface area (Å²) in [7, 11) is 2.12. The number of piperazine rings is 1. The van der Waals surface area contributed by atoms with Crippen LogP contribution in [-0.2, 0) is 22.4 Å². The van der Waals surface area contributed by atoms with Gasteiger partial charge >= 0.3 is 12.0 Å². The molecule has 3 atom stereocenters. The first-order valence-electron chi connectivity index (χ1n) is 16.0. The molecule has 6 rings (SSSR count). The molecule has 1 aliphatic carbocycles. The van der Waals surface area contributed by atoms with Gasteiger partial charge in [-0.25, -0.2) is 4.79 Å². The number of likely N-dealkylation sites (N-methyl/N-ethyl adjacent to an activating group) is 1. The second-order valence-corrected chi connectivity index (χ2v) is 12.3. The number of hydrogen-bond acceptors (Lipinski definition) is 9. The summed E-state index contributed by atoms with van der Waals surface area (Å²) in [5, 5.41) is 11.7. The Labute approximate surface area is 269 Å². The fourth-order valence-corrected chi connectivity index (χ4v) is 7.13. The molecule has 3 aliphatic rings. The number of anilines is 1. The van der Waals surface area contributed by atoms with Gasteiger partial charge in [0.1, 0.15) is 18.2 Å². The largest absolute Gasteiger partial charge is 0.462 e. The SMILES string of the molecule is C=CC(=O)Oc1cc(C2CCc3c(nc(OC[C@@H]4CCCN4C)nc3N3CCN(C(=O)C=C)C(CC#N)C3)C2)c2ccccc2c1. The Morgan fingerprint density at radius 2 is 1.93 bits per heavy atom. The van der Waals surface area contributed by atoms with E-state index in [1.807, 2.05) is 30.3 Å². The normalized spacial score (nSPS) is 21.3. The smallest absolute Gasteiger partial charge is 0.335 e. The Balaban J connectivity index is 1.35. The highest BCUT2D eigenvalue weighted by molar-refractivity contribution is 5.90. The van der Waals surface area contributed by atoms with E-state index in [0.29, 0.717) is 50.5 Å². The molecular formula is C36H40N6O4. The lowest BCUT2D eigenvalue weighted by atomic mass is 9.80. The molecule has 2 fully saturated rings. The highest BCUT2D eigenvalue weighted by Crippen LogP contribution is 2.41. The predicted octanol–water partition coefficient (Wildman–Crippen LogP) is 4.58. The van der Waals surface area contributed by atoms with Gasteiger partial charge in [-0.3, -0.25) is 4.79 Å². The van der Waals surface area contributed by atoms with E-state index in [-0.39, 0.29) is 24.3 Å². The molecule has 2 aromatic carbocycles. The first kappa shape index (κ1) is 31.2. The van der Waals surface area contributed by atoms with Crippen LogP contribution in [0.25, 0.3) is 10.8 Å². The highest BCUT2D eigenvalue weighted by Gasteiger charge is 2.34. The number of hydrogen-bond donors (Lipinski definition) is 0. The molecule has 0 saturated carbocycles. The van der Waals surface area contributed by atoms with Crippen molar-refractivity contribution in [1.82, 2.24) is 19.8 Å². The maximum atomic E-state index is 12.6. The van der Waals surface area contributed by atoms with Gasteiger partial charge in [0.05, 0.1) is 24.2 Å². The van der Waals surface area contributed by atoms with Gasteiger partial charge in [-0.2, -0.15) is 15.2 Å². The number of nitriles is 1. The van der Waals surface area contributed by atoms with Crippen LogP contribution in [0.15, 0.2) is 61.7 Å². The minimum atomic E-state index is -0.494. The third-order valence-electron chi connectivity index (χ3n) is 9.57. The Bertz CT molecular complexity index is 1700. The second kappa shape index (κ2) is 13.7. The lowest BCUT2D eigenvalue weighted by Gasteiger charge is -2.42. The number of rotatable bonds is 9. The van der Waals surface area contributed by atoms with Gasteiger partial charge < -0.3 is 24.2 Å². The summed E-state index contributed by atoms with van der Waals surface area (Å²) in [6.07, 6.45) is 7.21. The first-order chi connectivity index (χ1) is 22.4. The Morgan fingerprint density at radius 1 is 1.09 bits per heavy atom. The van der Waals surface area contributed by atoms with Crippen LogP contribution < -0.4 is 14.4 Å². The minimum Gasteiger partial charge on any atom is -0.462 e. The van der Waals surface area contributed by atoms with Crippen molar-refractivity contribution < 1.29 is 19.1 Å². The lowest BCUT2D eigenvalue weighted by Crippen LogP contribution is -2.55. The van der Waals surface area contributed by atoms with Gasteiger partial charge in [0.2, 0.25) is 5.91 Å². The molecule has 2 aliphatic heterocycles. The Morgan fingerprint density at radius 3 is 2.70 bits per heavy atom. The average molecular weight is 621 g/mol. The van der Waals surface area contributed by atoms with E-state index in [1.165, 1.54) is 12.2 Å². The van der Waals surface area contributed by atoms with Gasteiger partial charge in [0.15, 0.2) is 0 Å². The van der Waals surface area contributed by atoms with Gasteiger partial charge in [-0.05, 0) is 86.2 Å². The summed E-state index contributed by atoms with van der Waals surface area (Å²) in [4.78, 5) is 40.9. The topological polar surface area (TPSA) is 112 Å². The van der Waals surface area contributed by atoms with E-state index in [4.69, 9.17) is 19.4 Å². The number of likely N-dealkylation sites (tertiary alicyclic amines) is 1. The zero-order valence-electron chi connectivity index (χ0n) is 26.4. The van der Waals surface area contributed by atoms with Crippen molar-refractivity contribution in [3.63, 3.8) is 0 Å². The maximum absolute atomic E-state index is 12.6. The van der Waals surface area contributed by atoms with Crippen molar-refractivity contribution in [1.29, 1.82) is 5.26 Å². The van der Waals surface area contributed by atoms with Crippen molar-refractivity contribution >= 4 is 28.5 Å². The molecule has 10 nitrogen and oxygen atoms in total. The summed E-state index contributed by atoms with van der Waals surface area (Å²) in [5.74, 6) is 0.792. The number of fused-ring (bicyclic) bond motifs is 2. The van der Waals surface area contributed by atoms with Crippen molar-refractivity contribution in [2.45, 2.75) is 56.5 Å². The van der Waals surface area contributed by atoms with E-state index < -0.39 is 5.97 Å². The van der Waals surface area contributed by atoms with Crippen LogP contribution in [-0.4, -0.2) is 83.6 Å². The summed E-state index contributed by atoms with van der Waals surface area (Å²) in [5.41, 5.74) is 3.13. The quantitative estimate of drug-likeness (QED) is 0.193. The summed E-state index contributed by atoms with van der Waals surface area (Å²) >= 11 is 0. The zero-order chi connectivity index (χ0) is 32.2. The van der Waals surface area contributed by atoms with Crippen LogP contribution in [0.5, 0.6) is 11.8 Å². The van der Waals surface area contributed by atoms with Crippen molar-refractivity contribution in [3.05, 3.63) is 78.5 Å². The number of aromatic nitrogens is 2. The van der Waals surface area contributed by atoms with Gasteiger partial charge in [0, 0.05) is 37.3 Å². The van der Waals surface area contributed by atoms with Crippen LogP contribution in [0, 0.1) is 11.3 Å². The number of esters is 1. The fraction of sp³-hybridized carbons (Fsp3) is 0.417. The van der Waals surface area contributed by atoms with Crippen molar-refractivity contribution in [2.24, 2.45) is 0 Å². The molecule has 10 heteroatoms. The first-order valence-corrected chi connectivity index (χ1v) is 16.0. The molecule has 238 valence electrons. The van der Waals surface area contributed by atoms with E-state index in [0.717, 1.165) is 65.6 Å². The molecule has 2 unspecified atom stereocenters. The van der Waals surface area contributed by atoms with Crippen LogP contribution in [0.3, 0.4) is 0 Å². The Kier molecular flexibility index (Phi) is 9.31.